The molecule has 0 fully saturated rings. The Morgan fingerprint density at radius 2 is 1.55 bits per heavy atom. The number of benzene rings is 1. The van der Waals surface area contributed by atoms with Crippen molar-refractivity contribution in [3.05, 3.63) is 53.2 Å². The van der Waals surface area contributed by atoms with Crippen molar-refractivity contribution in [1.29, 1.82) is 0 Å². The van der Waals surface area contributed by atoms with E-state index in [0.717, 1.165) is 6.42 Å². The fourth-order valence-corrected chi connectivity index (χ4v) is 5.97. The fourth-order valence-electron chi connectivity index (χ4n) is 2.81. The van der Waals surface area contributed by atoms with Crippen LogP contribution in [0.1, 0.15) is 32.8 Å². The van der Waals surface area contributed by atoms with Gasteiger partial charge in [0, 0.05) is 5.54 Å². The van der Waals surface area contributed by atoms with Gasteiger partial charge in [-0.15, -0.1) is 0 Å². The zero-order valence-electron chi connectivity index (χ0n) is 14.0. The minimum absolute atomic E-state index is 0. The van der Waals surface area contributed by atoms with E-state index in [1.54, 1.807) is 5.20 Å². The van der Waals surface area contributed by atoms with Crippen molar-refractivity contribution in [2.45, 2.75) is 45.8 Å². The smallest absolute Gasteiger partial charge is 1.00 e. The second kappa shape index (κ2) is 9.46. The molecule has 0 saturated heterocycles. The first-order valence-corrected chi connectivity index (χ1v) is 10.0. The molecule has 1 aromatic rings. The van der Waals surface area contributed by atoms with E-state index in [4.69, 9.17) is 0 Å². The van der Waals surface area contributed by atoms with Crippen LogP contribution in [0.2, 0.25) is 13.1 Å². The molecule has 0 radical (unpaired) electrons. The van der Waals surface area contributed by atoms with Crippen LogP contribution in [0.25, 0.3) is 5.57 Å². The largest absolute Gasteiger partial charge is 2.00 e. The van der Waals surface area contributed by atoms with Crippen LogP contribution < -0.4 is 29.8 Å². The van der Waals surface area contributed by atoms with Crippen LogP contribution in [0.4, 0.5) is 0 Å². The Kier molecular flexibility index (Phi) is 10.5. The summed E-state index contributed by atoms with van der Waals surface area (Å²) >= 11 is 0. The molecule has 0 saturated carbocycles. The molecule has 5 heteroatoms. The molecule has 0 aromatic heterocycles. The molecule has 0 atom stereocenters. The first-order chi connectivity index (χ1) is 8.78. The second-order valence-electron chi connectivity index (χ2n) is 6.90. The standard InChI is InChI=1S/C17H25NSi.2ClH.Ti/c1-17(2,3)18-19(4,5)16-12-11-15(13-16)14-9-7-6-8-10-14;;;/h6-11,13,18H,12H2,1-5H3;2*1H;/q;;;+2/p-2. The summed E-state index contributed by atoms with van der Waals surface area (Å²) in [4.78, 5) is 3.85. The van der Waals surface area contributed by atoms with Gasteiger partial charge in [0.2, 0.25) is 0 Å². The predicted octanol–water partition coefficient (Wildman–Crippen LogP) is -1.46. The maximum atomic E-state index is 3.85. The Hall–Kier alpha value is 0.171. The van der Waals surface area contributed by atoms with Gasteiger partial charge in [-0.3, -0.25) is 0 Å². The maximum absolute atomic E-state index is 3.85. The van der Waals surface area contributed by atoms with Gasteiger partial charge in [0.15, 0.2) is 0 Å². The van der Waals surface area contributed by atoms with Gasteiger partial charge in [-0.1, -0.05) is 60.8 Å². The van der Waals surface area contributed by atoms with Crippen molar-refractivity contribution in [2.24, 2.45) is 0 Å². The van der Waals surface area contributed by atoms with Gasteiger partial charge in [0.1, 0.15) is 8.24 Å². The molecule has 120 valence electrons. The molecular formula is C17H25Cl2NSiTi. The van der Waals surface area contributed by atoms with E-state index in [0.29, 0.717) is 0 Å². The van der Waals surface area contributed by atoms with E-state index < -0.39 is 8.24 Å². The molecule has 1 aliphatic carbocycles. The molecule has 0 unspecified atom stereocenters. The molecule has 2 rings (SSSR count). The summed E-state index contributed by atoms with van der Waals surface area (Å²) in [6, 6.07) is 10.7. The van der Waals surface area contributed by atoms with Gasteiger partial charge in [-0.05, 0) is 38.3 Å². The third-order valence-corrected chi connectivity index (χ3v) is 6.80. The molecular weight excluding hydrogens is 365 g/mol. The molecule has 0 spiro atoms. The predicted molar refractivity (Wildman–Crippen MR) is 87.5 cm³/mol. The van der Waals surface area contributed by atoms with Gasteiger partial charge in [0.05, 0.1) is 0 Å². The molecule has 22 heavy (non-hydrogen) atoms. The molecule has 0 amide bonds. The van der Waals surface area contributed by atoms with Gasteiger partial charge in [-0.2, -0.15) is 0 Å². The quantitative estimate of drug-likeness (QED) is 0.623. The normalized spacial score (nSPS) is 14.0. The molecule has 1 nitrogen and oxygen atoms in total. The summed E-state index contributed by atoms with van der Waals surface area (Å²) in [5, 5.41) is 1.60. The van der Waals surface area contributed by atoms with Crippen molar-refractivity contribution in [3.8, 4) is 0 Å². The molecule has 1 aromatic carbocycles. The van der Waals surface area contributed by atoms with Crippen molar-refractivity contribution in [3.63, 3.8) is 0 Å². The topological polar surface area (TPSA) is 12.0 Å². The van der Waals surface area contributed by atoms with E-state index in [-0.39, 0.29) is 52.1 Å². The minimum Gasteiger partial charge on any atom is -1.00 e. The molecule has 1 N–H and O–H groups in total. The van der Waals surface area contributed by atoms with Crippen LogP contribution in [-0.4, -0.2) is 13.8 Å². The Balaban J connectivity index is 0. The minimum atomic E-state index is -1.52. The Morgan fingerprint density at radius 1 is 1.00 bits per heavy atom. The monoisotopic (exact) mass is 389 g/mol. The van der Waals surface area contributed by atoms with Gasteiger partial charge >= 0.3 is 21.7 Å². The van der Waals surface area contributed by atoms with Crippen LogP contribution >= 0.6 is 0 Å². The third kappa shape index (κ3) is 6.74. The summed E-state index contributed by atoms with van der Waals surface area (Å²) in [7, 11) is -1.52. The SMILES string of the molecule is CC(C)(C)N[Si](C)(C)C1=CC(c2ccccc2)=CC1.[Cl-].[Cl-].[Ti+2]. The fraction of sp³-hybridized carbons (Fsp3) is 0.412. The van der Waals surface area contributed by atoms with E-state index >= 15 is 0 Å². The summed E-state index contributed by atoms with van der Waals surface area (Å²) < 4.78 is 0. The van der Waals surface area contributed by atoms with Crippen LogP contribution in [0, 0.1) is 0 Å². The summed E-state index contributed by atoms with van der Waals surface area (Å²) in [5.41, 5.74) is 2.90. The zero-order chi connectivity index (χ0) is 14.1. The van der Waals surface area contributed by atoms with E-state index in [9.17, 15) is 0 Å². The number of hydrogen-bond donors (Lipinski definition) is 1. The van der Waals surface area contributed by atoms with Gasteiger partial charge in [0.25, 0.3) is 0 Å². The number of nitrogens with one attached hydrogen (secondary N) is 1. The molecule has 0 bridgehead atoms. The summed E-state index contributed by atoms with van der Waals surface area (Å²) in [6.07, 6.45) is 5.87. The van der Waals surface area contributed by atoms with E-state index in [1.165, 1.54) is 11.1 Å². The summed E-state index contributed by atoms with van der Waals surface area (Å²) in [5.74, 6) is 0. The van der Waals surface area contributed by atoms with Crippen LogP contribution in [0.15, 0.2) is 47.7 Å². The molecule has 1 aliphatic rings. The average Bonchev–Trinajstić information content (AvgIpc) is 2.77. The maximum Gasteiger partial charge on any atom is 2.00 e. The zero-order valence-corrected chi connectivity index (χ0v) is 18.1. The molecule has 0 aliphatic heterocycles. The van der Waals surface area contributed by atoms with E-state index in [1.807, 2.05) is 0 Å². The second-order valence-corrected chi connectivity index (χ2v) is 11.0. The van der Waals surface area contributed by atoms with Gasteiger partial charge in [-0.25, -0.2) is 0 Å². The number of rotatable bonds is 3. The van der Waals surface area contributed by atoms with Crippen molar-refractivity contribution >= 4 is 13.8 Å². The van der Waals surface area contributed by atoms with Crippen LogP contribution in [0.3, 0.4) is 0 Å². The third-order valence-electron chi connectivity index (χ3n) is 3.47. The van der Waals surface area contributed by atoms with Crippen LogP contribution in [0.5, 0.6) is 0 Å². The number of allylic oxidation sites excluding steroid dienone is 4. The van der Waals surface area contributed by atoms with Crippen molar-refractivity contribution < 1.29 is 46.5 Å². The Labute approximate surface area is 163 Å². The van der Waals surface area contributed by atoms with Crippen molar-refractivity contribution in [1.82, 2.24) is 4.98 Å². The van der Waals surface area contributed by atoms with Gasteiger partial charge < -0.3 is 29.8 Å². The first-order valence-electron chi connectivity index (χ1n) is 7.04. The number of halogens is 2. The first kappa shape index (κ1) is 24.4. The van der Waals surface area contributed by atoms with Crippen LogP contribution in [-0.2, 0) is 21.7 Å². The van der Waals surface area contributed by atoms with E-state index in [2.05, 4.69) is 81.3 Å². The number of hydrogen-bond acceptors (Lipinski definition) is 1. The van der Waals surface area contributed by atoms with Crippen molar-refractivity contribution in [2.75, 3.05) is 0 Å². The average molecular weight is 390 g/mol. The Bertz CT molecular complexity index is 519. The molecule has 0 heterocycles. The Morgan fingerprint density at radius 3 is 2.05 bits per heavy atom. The summed E-state index contributed by atoms with van der Waals surface area (Å²) in [6.45, 7) is 11.6.